The van der Waals surface area contributed by atoms with Gasteiger partial charge >= 0.3 is 13.2 Å². The van der Waals surface area contributed by atoms with Crippen molar-refractivity contribution < 1.29 is 24.0 Å². The zero-order chi connectivity index (χ0) is 27.4. The predicted molar refractivity (Wildman–Crippen MR) is 144 cm³/mol. The second-order valence-corrected chi connectivity index (χ2v) is 12.4. The highest BCUT2D eigenvalue weighted by Gasteiger charge is 2.52. The number of nitrogens with one attached hydrogen (secondary N) is 2. The first kappa shape index (κ1) is 26.7. The third-order valence-electron chi connectivity index (χ3n) is 8.90. The van der Waals surface area contributed by atoms with E-state index >= 15 is 0 Å². The van der Waals surface area contributed by atoms with E-state index in [0.717, 1.165) is 41.9 Å². The van der Waals surface area contributed by atoms with Crippen LogP contribution in [0.1, 0.15) is 78.2 Å². The van der Waals surface area contributed by atoms with Gasteiger partial charge in [0.25, 0.3) is 0 Å². The Hall–Kier alpha value is -2.85. The Morgan fingerprint density at radius 1 is 1.16 bits per heavy atom. The molecule has 3 aliphatic rings. The second-order valence-electron chi connectivity index (χ2n) is 12.4. The number of fused-ring (bicyclic) bond motifs is 2. The van der Waals surface area contributed by atoms with Gasteiger partial charge in [-0.25, -0.2) is 9.78 Å². The van der Waals surface area contributed by atoms with Crippen molar-refractivity contribution in [2.24, 2.45) is 11.8 Å². The fourth-order valence-corrected chi connectivity index (χ4v) is 6.16. The number of hydrogen-bond donors (Lipinski definition) is 3. The first-order chi connectivity index (χ1) is 17.9. The monoisotopic (exact) mass is 522 g/mol. The lowest BCUT2D eigenvalue weighted by atomic mass is 9.80. The zero-order valence-electron chi connectivity index (χ0n) is 23.2. The van der Waals surface area contributed by atoms with Crippen molar-refractivity contribution in [1.82, 2.24) is 20.2 Å². The van der Waals surface area contributed by atoms with Gasteiger partial charge in [0.2, 0.25) is 5.91 Å². The fraction of sp³-hybridized carbons (Fsp3) is 0.607. The average Bonchev–Trinajstić information content (AvgIpc) is 3.60. The lowest BCUT2D eigenvalue weighted by molar-refractivity contribution is -0.139. The van der Waals surface area contributed by atoms with Crippen molar-refractivity contribution >= 4 is 19.1 Å². The number of aromatic amines is 1. The standard InChI is InChI=1S/C28H39BN4O5/c1-16(2)22(32-26(35)36)25(34)33-20-12-11-19(13-20)23(33)24-30-15-21(31-24)18-9-7-17(8-10-18)14-29-37-27(3,4)28(5,6)38-29/h7-10,15-16,19-20,22-23,32H,11-14H2,1-6H3,(H,30,31)(H,35,36). The average molecular weight is 522 g/mol. The molecule has 3 heterocycles. The Morgan fingerprint density at radius 3 is 2.42 bits per heavy atom. The molecule has 2 bridgehead atoms. The first-order valence-electron chi connectivity index (χ1n) is 13.7. The van der Waals surface area contributed by atoms with Crippen LogP contribution in [0, 0.1) is 11.8 Å². The molecule has 1 saturated carbocycles. The molecule has 1 aliphatic carbocycles. The Bertz CT molecular complexity index is 1180. The molecular weight excluding hydrogens is 483 g/mol. The number of carbonyl (C=O) groups is 2. The SMILES string of the molecule is CC(C)C(NC(=O)O)C(=O)N1C2CCC(C2)C1c1ncc(-c2ccc(CB3OC(C)(C)C(C)(C)O3)cc2)[nH]1. The summed E-state index contributed by atoms with van der Waals surface area (Å²) in [5, 5.41) is 11.7. The third-order valence-corrected chi connectivity index (χ3v) is 8.90. The number of carbonyl (C=O) groups excluding carboxylic acids is 1. The molecule has 38 heavy (non-hydrogen) atoms. The smallest absolute Gasteiger partial charge is 0.462 e. The molecule has 3 N–H and O–H groups in total. The van der Waals surface area contributed by atoms with Gasteiger partial charge in [-0.1, -0.05) is 38.1 Å². The van der Waals surface area contributed by atoms with E-state index in [9.17, 15) is 14.7 Å². The number of H-pyrrole nitrogens is 1. The summed E-state index contributed by atoms with van der Waals surface area (Å²) >= 11 is 0. The van der Waals surface area contributed by atoms with Crippen molar-refractivity contribution in [2.75, 3.05) is 0 Å². The molecule has 4 atom stereocenters. The molecule has 2 saturated heterocycles. The fourth-order valence-electron chi connectivity index (χ4n) is 6.16. The van der Waals surface area contributed by atoms with E-state index < -0.39 is 12.1 Å². The van der Waals surface area contributed by atoms with Crippen LogP contribution in [-0.2, 0) is 20.4 Å². The molecule has 0 radical (unpaired) electrons. The van der Waals surface area contributed by atoms with Gasteiger partial charge in [-0.05, 0) is 69.9 Å². The summed E-state index contributed by atoms with van der Waals surface area (Å²) in [5.74, 6) is 0.772. The maximum atomic E-state index is 13.6. The molecule has 1 aromatic heterocycles. The van der Waals surface area contributed by atoms with Crippen LogP contribution in [0.5, 0.6) is 0 Å². The van der Waals surface area contributed by atoms with E-state index in [0.29, 0.717) is 12.2 Å². The quantitative estimate of drug-likeness (QED) is 0.458. The molecule has 9 nitrogen and oxygen atoms in total. The first-order valence-corrected chi connectivity index (χ1v) is 13.7. The number of aromatic nitrogens is 2. The van der Waals surface area contributed by atoms with Gasteiger partial charge in [0.05, 0.1) is 29.1 Å². The van der Waals surface area contributed by atoms with E-state index in [1.54, 1.807) is 0 Å². The number of imidazole rings is 1. The number of benzene rings is 1. The Morgan fingerprint density at radius 2 is 1.82 bits per heavy atom. The largest absolute Gasteiger partial charge is 0.465 e. The van der Waals surface area contributed by atoms with Crippen LogP contribution >= 0.6 is 0 Å². The summed E-state index contributed by atoms with van der Waals surface area (Å²) in [5.41, 5.74) is 2.33. The van der Waals surface area contributed by atoms with Crippen molar-refractivity contribution in [1.29, 1.82) is 0 Å². The minimum atomic E-state index is -1.18. The highest BCUT2D eigenvalue weighted by atomic mass is 16.7. The van der Waals surface area contributed by atoms with Crippen LogP contribution in [0.15, 0.2) is 30.5 Å². The molecule has 5 rings (SSSR count). The van der Waals surface area contributed by atoms with Crippen LogP contribution in [0.2, 0.25) is 0 Å². The molecule has 2 aliphatic heterocycles. The molecule has 0 spiro atoms. The maximum absolute atomic E-state index is 13.6. The van der Waals surface area contributed by atoms with E-state index in [1.807, 2.05) is 24.9 Å². The topological polar surface area (TPSA) is 117 Å². The van der Waals surface area contributed by atoms with Gasteiger partial charge < -0.3 is 29.6 Å². The number of hydrogen-bond acceptors (Lipinski definition) is 5. The van der Waals surface area contributed by atoms with Crippen molar-refractivity contribution in [3.8, 4) is 11.3 Å². The number of amides is 2. The van der Waals surface area contributed by atoms with Gasteiger partial charge in [0.15, 0.2) is 0 Å². The molecular formula is C28H39BN4O5. The summed E-state index contributed by atoms with van der Waals surface area (Å²) in [4.78, 5) is 35.0. The van der Waals surface area contributed by atoms with Crippen LogP contribution in [-0.4, -0.2) is 62.4 Å². The predicted octanol–water partition coefficient (Wildman–Crippen LogP) is 4.59. The minimum absolute atomic E-state index is 0.122. The van der Waals surface area contributed by atoms with Crippen LogP contribution in [0.25, 0.3) is 11.3 Å². The molecule has 204 valence electrons. The molecule has 3 fully saturated rings. The molecule has 4 unspecified atom stereocenters. The molecule has 1 aromatic carbocycles. The summed E-state index contributed by atoms with van der Waals surface area (Å²) in [6.45, 7) is 12.0. The van der Waals surface area contributed by atoms with Gasteiger partial charge in [0.1, 0.15) is 11.9 Å². The summed E-state index contributed by atoms with van der Waals surface area (Å²) in [6.07, 6.45) is 4.23. The van der Waals surface area contributed by atoms with Gasteiger partial charge in [0, 0.05) is 12.4 Å². The maximum Gasteiger partial charge on any atom is 0.462 e. The number of likely N-dealkylation sites (tertiary alicyclic amines) is 1. The van der Waals surface area contributed by atoms with Crippen molar-refractivity contribution in [3.05, 3.63) is 41.9 Å². The Kier molecular flexibility index (Phi) is 6.84. The normalized spacial score (nSPS) is 26.2. The number of rotatable bonds is 7. The van der Waals surface area contributed by atoms with Crippen molar-refractivity contribution in [2.45, 2.75) is 96.5 Å². The van der Waals surface area contributed by atoms with Gasteiger partial charge in [-0.3, -0.25) is 4.79 Å². The van der Waals surface area contributed by atoms with Crippen LogP contribution in [0.3, 0.4) is 0 Å². The summed E-state index contributed by atoms with van der Waals surface area (Å²) in [7, 11) is -0.281. The highest BCUT2D eigenvalue weighted by Crippen LogP contribution is 2.50. The minimum Gasteiger partial charge on any atom is -0.465 e. The lowest BCUT2D eigenvalue weighted by Gasteiger charge is -2.37. The molecule has 2 amide bonds. The Balaban J connectivity index is 1.31. The number of carboxylic acid groups (broad SMARTS) is 1. The Labute approximate surface area is 224 Å². The second kappa shape index (κ2) is 9.72. The van der Waals surface area contributed by atoms with Crippen molar-refractivity contribution in [3.63, 3.8) is 0 Å². The zero-order valence-corrected chi connectivity index (χ0v) is 23.2. The van der Waals surface area contributed by atoms with E-state index in [2.05, 4.69) is 62.3 Å². The summed E-state index contributed by atoms with van der Waals surface area (Å²) in [6, 6.07) is 7.46. The summed E-state index contributed by atoms with van der Waals surface area (Å²) < 4.78 is 12.3. The van der Waals surface area contributed by atoms with Gasteiger partial charge in [-0.15, -0.1) is 0 Å². The number of nitrogens with zero attached hydrogens (tertiary/aromatic N) is 2. The van der Waals surface area contributed by atoms with Crippen LogP contribution in [0.4, 0.5) is 4.79 Å². The van der Waals surface area contributed by atoms with E-state index in [1.165, 1.54) is 0 Å². The van der Waals surface area contributed by atoms with Crippen LogP contribution < -0.4 is 5.32 Å². The number of piperidine rings is 1. The highest BCUT2D eigenvalue weighted by molar-refractivity contribution is 6.45. The van der Waals surface area contributed by atoms with E-state index in [-0.39, 0.29) is 42.2 Å². The molecule has 10 heteroatoms. The van der Waals surface area contributed by atoms with Gasteiger partial charge in [-0.2, -0.15) is 0 Å². The molecule has 2 aromatic rings. The third kappa shape index (κ3) is 4.84. The van der Waals surface area contributed by atoms with E-state index in [4.69, 9.17) is 14.3 Å². The lowest BCUT2D eigenvalue weighted by Crippen LogP contribution is -2.53.